The zero-order valence-corrected chi connectivity index (χ0v) is 11.7. The van der Waals surface area contributed by atoms with Crippen LogP contribution in [0.25, 0.3) is 0 Å². The summed E-state index contributed by atoms with van der Waals surface area (Å²) in [6, 6.07) is 0. The van der Waals surface area contributed by atoms with Crippen molar-refractivity contribution in [2.75, 3.05) is 6.61 Å². The highest BCUT2D eigenvalue weighted by Crippen LogP contribution is 2.15. The molecule has 0 saturated carbocycles. The van der Waals surface area contributed by atoms with Crippen LogP contribution in [0.1, 0.15) is 40.5 Å². The standard InChI is InChI=1S/C15H22O3/c1-10(2)15-13(16)8-11(3)6-5-7-12(4)14(17)9-18-15/h7-8,10,15H,5-6,9H2,1-4H3/b11-8+,12-7+. The van der Waals surface area contributed by atoms with E-state index in [1.54, 1.807) is 13.0 Å². The van der Waals surface area contributed by atoms with Gasteiger partial charge in [-0.05, 0) is 44.3 Å². The van der Waals surface area contributed by atoms with Crippen molar-refractivity contribution < 1.29 is 14.3 Å². The fourth-order valence-corrected chi connectivity index (χ4v) is 1.91. The van der Waals surface area contributed by atoms with Crippen LogP contribution in [0.4, 0.5) is 0 Å². The summed E-state index contributed by atoms with van der Waals surface area (Å²) in [4.78, 5) is 23.8. The Morgan fingerprint density at radius 2 is 1.94 bits per heavy atom. The molecule has 0 N–H and O–H groups in total. The largest absolute Gasteiger partial charge is 0.362 e. The molecule has 0 saturated heterocycles. The van der Waals surface area contributed by atoms with Crippen LogP contribution >= 0.6 is 0 Å². The third-order valence-electron chi connectivity index (χ3n) is 3.10. The van der Waals surface area contributed by atoms with Crippen LogP contribution in [0.3, 0.4) is 0 Å². The van der Waals surface area contributed by atoms with E-state index in [9.17, 15) is 9.59 Å². The van der Waals surface area contributed by atoms with Gasteiger partial charge in [0.25, 0.3) is 0 Å². The van der Waals surface area contributed by atoms with Crippen LogP contribution in [-0.4, -0.2) is 24.3 Å². The Balaban J connectivity index is 2.94. The minimum Gasteiger partial charge on any atom is -0.362 e. The number of ether oxygens (including phenoxy) is 1. The lowest BCUT2D eigenvalue weighted by atomic mass is 10.0. The number of carbonyl (C=O) groups is 2. The molecule has 1 aliphatic rings. The van der Waals surface area contributed by atoms with E-state index in [-0.39, 0.29) is 24.1 Å². The second kappa shape index (κ2) is 6.64. The number of ketones is 2. The first-order valence-electron chi connectivity index (χ1n) is 6.44. The Hall–Kier alpha value is -1.22. The quantitative estimate of drug-likeness (QED) is 0.718. The summed E-state index contributed by atoms with van der Waals surface area (Å²) >= 11 is 0. The fraction of sp³-hybridized carbons (Fsp3) is 0.600. The molecular formula is C15H22O3. The number of allylic oxidation sites excluding steroid dienone is 2. The Bertz CT molecular complexity index is 389. The van der Waals surface area contributed by atoms with Crippen LogP contribution in [0.5, 0.6) is 0 Å². The van der Waals surface area contributed by atoms with Gasteiger partial charge in [-0.15, -0.1) is 0 Å². The molecule has 0 bridgehead atoms. The van der Waals surface area contributed by atoms with Gasteiger partial charge in [-0.25, -0.2) is 0 Å². The average molecular weight is 250 g/mol. The van der Waals surface area contributed by atoms with Gasteiger partial charge >= 0.3 is 0 Å². The molecule has 3 nitrogen and oxygen atoms in total. The molecule has 0 fully saturated rings. The first-order valence-corrected chi connectivity index (χ1v) is 6.44. The smallest absolute Gasteiger partial charge is 0.184 e. The van der Waals surface area contributed by atoms with E-state index in [1.165, 1.54) is 0 Å². The van der Waals surface area contributed by atoms with E-state index in [0.717, 1.165) is 24.0 Å². The topological polar surface area (TPSA) is 43.4 Å². The van der Waals surface area contributed by atoms with E-state index in [0.29, 0.717) is 0 Å². The zero-order valence-electron chi connectivity index (χ0n) is 11.7. The Morgan fingerprint density at radius 3 is 2.56 bits per heavy atom. The highest BCUT2D eigenvalue weighted by atomic mass is 16.5. The summed E-state index contributed by atoms with van der Waals surface area (Å²) in [5.41, 5.74) is 1.76. The van der Waals surface area contributed by atoms with Crippen molar-refractivity contribution in [1.29, 1.82) is 0 Å². The summed E-state index contributed by atoms with van der Waals surface area (Å²) < 4.78 is 5.49. The van der Waals surface area contributed by atoms with Gasteiger partial charge in [0.1, 0.15) is 12.7 Å². The summed E-state index contributed by atoms with van der Waals surface area (Å²) in [5, 5.41) is 0. The second-order valence-electron chi connectivity index (χ2n) is 5.22. The first kappa shape index (κ1) is 14.8. The lowest BCUT2D eigenvalue weighted by molar-refractivity contribution is -0.133. The minimum atomic E-state index is -0.519. The van der Waals surface area contributed by atoms with Crippen molar-refractivity contribution in [2.24, 2.45) is 5.92 Å². The number of hydrogen-bond donors (Lipinski definition) is 0. The van der Waals surface area contributed by atoms with Gasteiger partial charge in [0.2, 0.25) is 0 Å². The van der Waals surface area contributed by atoms with Crippen molar-refractivity contribution in [2.45, 2.75) is 46.6 Å². The maximum Gasteiger partial charge on any atom is 0.184 e. The minimum absolute atomic E-state index is 0.0101. The zero-order chi connectivity index (χ0) is 13.7. The molecule has 0 aromatic rings. The molecule has 0 aromatic carbocycles. The van der Waals surface area contributed by atoms with Crippen LogP contribution in [0, 0.1) is 5.92 Å². The number of hydrogen-bond acceptors (Lipinski definition) is 3. The SMILES string of the molecule is C/C1=C\C(=O)C(C(C)C)OCC(=O)/C(C)=C/CC1. The molecule has 0 aromatic heterocycles. The predicted octanol–water partition coefficient (Wildman–Crippen LogP) is 2.85. The summed E-state index contributed by atoms with van der Waals surface area (Å²) in [6.07, 6.45) is 4.66. The summed E-state index contributed by atoms with van der Waals surface area (Å²) in [5.74, 6) is 0.00208. The predicted molar refractivity (Wildman–Crippen MR) is 71.3 cm³/mol. The molecule has 3 heteroatoms. The molecule has 18 heavy (non-hydrogen) atoms. The van der Waals surface area contributed by atoms with E-state index >= 15 is 0 Å². The molecule has 1 atom stereocenters. The molecule has 1 heterocycles. The monoisotopic (exact) mass is 250 g/mol. The van der Waals surface area contributed by atoms with E-state index in [1.807, 2.05) is 26.8 Å². The fourth-order valence-electron chi connectivity index (χ4n) is 1.91. The Kier molecular flexibility index (Phi) is 5.48. The first-order chi connectivity index (χ1) is 8.41. The van der Waals surface area contributed by atoms with Crippen LogP contribution in [0.15, 0.2) is 23.3 Å². The van der Waals surface area contributed by atoms with Gasteiger partial charge in [-0.1, -0.05) is 25.5 Å². The highest BCUT2D eigenvalue weighted by Gasteiger charge is 2.23. The highest BCUT2D eigenvalue weighted by molar-refractivity contribution is 5.97. The summed E-state index contributed by atoms with van der Waals surface area (Å²) in [6.45, 7) is 7.59. The Morgan fingerprint density at radius 1 is 1.28 bits per heavy atom. The normalized spacial score (nSPS) is 29.3. The molecule has 0 radical (unpaired) electrons. The van der Waals surface area contributed by atoms with Gasteiger partial charge < -0.3 is 4.74 Å². The molecule has 0 amide bonds. The number of rotatable bonds is 1. The summed E-state index contributed by atoms with van der Waals surface area (Å²) in [7, 11) is 0. The maximum atomic E-state index is 12.1. The molecule has 0 spiro atoms. The van der Waals surface area contributed by atoms with Crippen LogP contribution in [0.2, 0.25) is 0 Å². The van der Waals surface area contributed by atoms with E-state index in [4.69, 9.17) is 4.74 Å². The van der Waals surface area contributed by atoms with E-state index < -0.39 is 6.10 Å². The maximum absolute atomic E-state index is 12.1. The lowest BCUT2D eigenvalue weighted by Crippen LogP contribution is -2.30. The molecule has 1 rings (SSSR count). The van der Waals surface area contributed by atoms with Gasteiger partial charge in [0.15, 0.2) is 11.6 Å². The molecule has 1 unspecified atom stereocenters. The molecule has 100 valence electrons. The average Bonchev–Trinajstić information content (AvgIpc) is 2.28. The van der Waals surface area contributed by atoms with Gasteiger partial charge in [-0.3, -0.25) is 9.59 Å². The third kappa shape index (κ3) is 4.22. The molecule has 0 aliphatic carbocycles. The van der Waals surface area contributed by atoms with Gasteiger partial charge in [0, 0.05) is 0 Å². The van der Waals surface area contributed by atoms with Crippen molar-refractivity contribution in [3.63, 3.8) is 0 Å². The van der Waals surface area contributed by atoms with Crippen molar-refractivity contribution in [1.82, 2.24) is 0 Å². The van der Waals surface area contributed by atoms with Crippen molar-refractivity contribution >= 4 is 11.6 Å². The Labute approximate surface area is 109 Å². The number of carbonyl (C=O) groups excluding carboxylic acids is 2. The van der Waals surface area contributed by atoms with Crippen molar-refractivity contribution in [3.05, 3.63) is 23.3 Å². The van der Waals surface area contributed by atoms with Gasteiger partial charge in [-0.2, -0.15) is 0 Å². The van der Waals surface area contributed by atoms with Crippen molar-refractivity contribution in [3.8, 4) is 0 Å². The third-order valence-corrected chi connectivity index (χ3v) is 3.10. The van der Waals surface area contributed by atoms with Crippen LogP contribution in [-0.2, 0) is 14.3 Å². The molecule has 1 aliphatic heterocycles. The van der Waals surface area contributed by atoms with Crippen LogP contribution < -0.4 is 0 Å². The molecular weight excluding hydrogens is 228 g/mol. The number of Topliss-reactive ketones (excluding diaryl/α,β-unsaturated/α-hetero) is 1. The van der Waals surface area contributed by atoms with Gasteiger partial charge in [0.05, 0.1) is 0 Å². The lowest BCUT2D eigenvalue weighted by Gasteiger charge is -2.18. The second-order valence-corrected chi connectivity index (χ2v) is 5.22. The van der Waals surface area contributed by atoms with E-state index in [2.05, 4.69) is 0 Å².